The van der Waals surface area contributed by atoms with Crippen LogP contribution in [-0.4, -0.2) is 5.97 Å². The third-order valence-electron chi connectivity index (χ3n) is 6.67. The van der Waals surface area contributed by atoms with Gasteiger partial charge in [0.25, 0.3) is 0 Å². The normalized spacial score (nSPS) is 11.9. The summed E-state index contributed by atoms with van der Waals surface area (Å²) in [5, 5.41) is 0. The van der Waals surface area contributed by atoms with Crippen LogP contribution in [0.1, 0.15) is 87.2 Å². The maximum Gasteiger partial charge on any atom is 0.343 e. The maximum absolute atomic E-state index is 12.8. The third-order valence-corrected chi connectivity index (χ3v) is 6.67. The fraction of sp³-hybridized carbons (Fsp3) is 0.406. The lowest BCUT2D eigenvalue weighted by molar-refractivity contribution is 0.0732. The summed E-state index contributed by atoms with van der Waals surface area (Å²) in [5.41, 5.74) is 5.34. The first-order valence-corrected chi connectivity index (χ1v) is 13.1. The summed E-state index contributed by atoms with van der Waals surface area (Å²) in [5.74, 6) is 0.909. The van der Waals surface area contributed by atoms with Crippen LogP contribution in [0.25, 0.3) is 11.1 Å². The number of benzene rings is 3. The Hall–Kier alpha value is -2.87. The number of unbranched alkanes of at least 4 members (excludes halogenated alkanes) is 5. The molecular formula is C32H40O2. The number of carbonyl (C=O) groups excluding carboxylic acids is 1. The number of rotatable bonds is 13. The molecule has 0 saturated carbocycles. The molecule has 0 fully saturated rings. The second-order valence-corrected chi connectivity index (χ2v) is 9.51. The van der Waals surface area contributed by atoms with Crippen molar-refractivity contribution in [3.05, 3.63) is 89.5 Å². The fourth-order valence-corrected chi connectivity index (χ4v) is 4.22. The van der Waals surface area contributed by atoms with E-state index in [0.29, 0.717) is 17.2 Å². The van der Waals surface area contributed by atoms with Crippen LogP contribution in [0.4, 0.5) is 0 Å². The fourth-order valence-electron chi connectivity index (χ4n) is 4.22. The molecule has 3 aromatic rings. The number of hydrogen-bond donors (Lipinski definition) is 0. The zero-order valence-electron chi connectivity index (χ0n) is 21.2. The Labute approximate surface area is 206 Å². The van der Waals surface area contributed by atoms with Crippen molar-refractivity contribution in [2.45, 2.75) is 78.6 Å². The lowest BCUT2D eigenvalue weighted by atomic mass is 9.98. The van der Waals surface area contributed by atoms with Gasteiger partial charge in [0.15, 0.2) is 0 Å². The Morgan fingerprint density at radius 3 is 2.06 bits per heavy atom. The van der Waals surface area contributed by atoms with Gasteiger partial charge in [0.2, 0.25) is 0 Å². The summed E-state index contributed by atoms with van der Waals surface area (Å²) in [7, 11) is 0. The summed E-state index contributed by atoms with van der Waals surface area (Å²) in [6.07, 6.45) is 11.1. The molecule has 2 heteroatoms. The second kappa shape index (κ2) is 13.7. The molecule has 0 radical (unpaired) electrons. The van der Waals surface area contributed by atoms with Gasteiger partial charge in [0.1, 0.15) is 5.75 Å². The number of ether oxygens (including phenoxy) is 1. The number of aryl methyl sites for hydroxylation is 1. The summed E-state index contributed by atoms with van der Waals surface area (Å²) < 4.78 is 5.77. The van der Waals surface area contributed by atoms with E-state index in [1.165, 1.54) is 49.7 Å². The molecule has 0 spiro atoms. The molecule has 0 saturated heterocycles. The van der Waals surface area contributed by atoms with E-state index in [-0.39, 0.29) is 5.97 Å². The molecule has 0 N–H and O–H groups in total. The van der Waals surface area contributed by atoms with Gasteiger partial charge in [0, 0.05) is 0 Å². The second-order valence-electron chi connectivity index (χ2n) is 9.51. The first-order chi connectivity index (χ1) is 16.6. The predicted molar refractivity (Wildman–Crippen MR) is 144 cm³/mol. The van der Waals surface area contributed by atoms with Crippen molar-refractivity contribution in [1.82, 2.24) is 0 Å². The standard InChI is InChI=1S/C32H40O2/c1-4-6-7-8-9-10-13-26-16-18-27(19-17-26)28-20-22-29(23-21-28)32(33)34-31-15-12-11-14-30(31)24-25(3)5-2/h11-12,14-23,25H,4-10,13,24H2,1-3H3. The molecule has 180 valence electrons. The average molecular weight is 457 g/mol. The van der Waals surface area contributed by atoms with Gasteiger partial charge in [-0.2, -0.15) is 0 Å². The van der Waals surface area contributed by atoms with Gasteiger partial charge >= 0.3 is 5.97 Å². The summed E-state index contributed by atoms with van der Waals surface area (Å²) in [4.78, 5) is 12.8. The molecule has 2 nitrogen and oxygen atoms in total. The molecule has 0 aliphatic rings. The molecule has 0 aromatic heterocycles. The zero-order valence-corrected chi connectivity index (χ0v) is 21.2. The van der Waals surface area contributed by atoms with Gasteiger partial charge in [-0.25, -0.2) is 4.79 Å². The van der Waals surface area contributed by atoms with Crippen molar-refractivity contribution < 1.29 is 9.53 Å². The number of carbonyl (C=O) groups is 1. The third kappa shape index (κ3) is 7.87. The van der Waals surface area contributed by atoms with Crippen molar-refractivity contribution in [2.75, 3.05) is 0 Å². The Balaban J connectivity index is 1.56. The first-order valence-electron chi connectivity index (χ1n) is 13.1. The number of para-hydroxylation sites is 1. The van der Waals surface area contributed by atoms with Gasteiger partial charge in [0.05, 0.1) is 5.56 Å². The first kappa shape index (κ1) is 25.7. The molecule has 0 amide bonds. The highest BCUT2D eigenvalue weighted by atomic mass is 16.5. The minimum atomic E-state index is -0.308. The zero-order chi connectivity index (χ0) is 24.2. The van der Waals surface area contributed by atoms with Crippen molar-refractivity contribution >= 4 is 5.97 Å². The largest absolute Gasteiger partial charge is 0.423 e. The van der Waals surface area contributed by atoms with Crippen LogP contribution in [0.15, 0.2) is 72.8 Å². The molecule has 1 unspecified atom stereocenters. The van der Waals surface area contributed by atoms with E-state index in [4.69, 9.17) is 4.74 Å². The smallest absolute Gasteiger partial charge is 0.343 e. The van der Waals surface area contributed by atoms with Crippen LogP contribution < -0.4 is 4.74 Å². The van der Waals surface area contributed by atoms with E-state index in [2.05, 4.69) is 45.0 Å². The van der Waals surface area contributed by atoms with Crippen LogP contribution in [-0.2, 0) is 12.8 Å². The minimum absolute atomic E-state index is 0.308. The lowest BCUT2D eigenvalue weighted by Gasteiger charge is -2.13. The Kier molecular flexibility index (Phi) is 10.4. The highest BCUT2D eigenvalue weighted by Crippen LogP contribution is 2.25. The summed E-state index contributed by atoms with van der Waals surface area (Å²) in [6, 6.07) is 24.4. The number of hydrogen-bond acceptors (Lipinski definition) is 2. The van der Waals surface area contributed by atoms with Crippen LogP contribution >= 0.6 is 0 Å². The monoisotopic (exact) mass is 456 g/mol. The Morgan fingerprint density at radius 1 is 0.765 bits per heavy atom. The molecule has 0 aliphatic heterocycles. The van der Waals surface area contributed by atoms with Crippen molar-refractivity contribution in [3.63, 3.8) is 0 Å². The maximum atomic E-state index is 12.8. The number of esters is 1. The molecule has 1 atom stereocenters. The highest BCUT2D eigenvalue weighted by molar-refractivity contribution is 5.91. The lowest BCUT2D eigenvalue weighted by Crippen LogP contribution is -2.10. The molecule has 34 heavy (non-hydrogen) atoms. The molecule has 0 heterocycles. The van der Waals surface area contributed by atoms with Gasteiger partial charge in [-0.15, -0.1) is 0 Å². The Bertz CT molecular complexity index is 1000. The molecule has 3 aromatic carbocycles. The molecular weight excluding hydrogens is 416 g/mol. The van der Waals surface area contributed by atoms with Crippen molar-refractivity contribution in [2.24, 2.45) is 5.92 Å². The van der Waals surface area contributed by atoms with Gasteiger partial charge in [-0.3, -0.25) is 0 Å². The summed E-state index contributed by atoms with van der Waals surface area (Å²) in [6.45, 7) is 6.66. The quantitative estimate of drug-likeness (QED) is 0.146. The van der Waals surface area contributed by atoms with Crippen LogP contribution in [0.5, 0.6) is 5.75 Å². The predicted octanol–water partition coefficient (Wildman–Crippen LogP) is 9.06. The SMILES string of the molecule is CCCCCCCCc1ccc(-c2ccc(C(=O)Oc3ccccc3CC(C)CC)cc2)cc1. The van der Waals surface area contributed by atoms with E-state index in [0.717, 1.165) is 30.4 Å². The van der Waals surface area contributed by atoms with Crippen LogP contribution in [0, 0.1) is 5.92 Å². The van der Waals surface area contributed by atoms with E-state index < -0.39 is 0 Å². The van der Waals surface area contributed by atoms with Gasteiger partial charge in [-0.1, -0.05) is 114 Å². The topological polar surface area (TPSA) is 26.3 Å². The van der Waals surface area contributed by atoms with Gasteiger partial charge < -0.3 is 4.74 Å². The minimum Gasteiger partial charge on any atom is -0.423 e. The Morgan fingerprint density at radius 2 is 1.38 bits per heavy atom. The van der Waals surface area contributed by atoms with Crippen LogP contribution in [0.3, 0.4) is 0 Å². The van der Waals surface area contributed by atoms with Crippen molar-refractivity contribution in [3.8, 4) is 16.9 Å². The molecule has 0 aliphatic carbocycles. The van der Waals surface area contributed by atoms with E-state index in [1.807, 2.05) is 48.5 Å². The average Bonchev–Trinajstić information content (AvgIpc) is 2.87. The van der Waals surface area contributed by atoms with Gasteiger partial charge in [-0.05, 0) is 65.6 Å². The molecule has 3 rings (SSSR count). The van der Waals surface area contributed by atoms with E-state index in [9.17, 15) is 4.79 Å². The molecule has 0 bridgehead atoms. The van der Waals surface area contributed by atoms with E-state index in [1.54, 1.807) is 0 Å². The van der Waals surface area contributed by atoms with Crippen LogP contribution in [0.2, 0.25) is 0 Å². The van der Waals surface area contributed by atoms with E-state index >= 15 is 0 Å². The highest BCUT2D eigenvalue weighted by Gasteiger charge is 2.13. The summed E-state index contributed by atoms with van der Waals surface area (Å²) >= 11 is 0. The van der Waals surface area contributed by atoms with Crippen molar-refractivity contribution in [1.29, 1.82) is 0 Å².